The molecule has 86 valence electrons. The summed E-state index contributed by atoms with van der Waals surface area (Å²) in [5.74, 6) is 3.67. The number of hydrogen-bond acceptors (Lipinski definition) is 1. The largest absolute Gasteiger partial charge is 0.573 e. The molecule has 0 N–H and O–H groups in total. The van der Waals surface area contributed by atoms with Gasteiger partial charge in [0.2, 0.25) is 0 Å². The molecule has 0 aliphatic rings. The zero-order valence-corrected chi connectivity index (χ0v) is 9.32. The van der Waals surface area contributed by atoms with Gasteiger partial charge in [-0.3, -0.25) is 0 Å². The third kappa shape index (κ3) is 4.11. The summed E-state index contributed by atoms with van der Waals surface area (Å²) in [6.07, 6.45) is -4.79. The molecular weight excluding hydrogens is 292 g/mol. The summed E-state index contributed by atoms with van der Waals surface area (Å²) >= 11 is 2.99. The standard InChI is InChI=1S/C10H5BrF4O/c11-5-1-2-7-6-8(3-4-9(7)12)16-10(13,14)15/h3-4,6H,5H2. The first-order valence-electron chi connectivity index (χ1n) is 4.02. The minimum Gasteiger partial charge on any atom is -0.406 e. The molecule has 0 spiro atoms. The summed E-state index contributed by atoms with van der Waals surface area (Å²) in [6.45, 7) is 0. The van der Waals surface area contributed by atoms with Gasteiger partial charge in [-0.25, -0.2) is 4.39 Å². The van der Waals surface area contributed by atoms with Crippen LogP contribution in [0.25, 0.3) is 0 Å². The Morgan fingerprint density at radius 3 is 2.56 bits per heavy atom. The zero-order chi connectivity index (χ0) is 12.2. The third-order valence-corrected chi connectivity index (χ3v) is 1.74. The zero-order valence-electron chi connectivity index (χ0n) is 7.74. The lowest BCUT2D eigenvalue weighted by Crippen LogP contribution is -2.17. The summed E-state index contributed by atoms with van der Waals surface area (Å²) in [7, 11) is 0. The Hall–Kier alpha value is -1.22. The van der Waals surface area contributed by atoms with Gasteiger partial charge in [0, 0.05) is 0 Å². The van der Waals surface area contributed by atoms with Gasteiger partial charge in [-0.15, -0.1) is 13.2 Å². The molecule has 6 heteroatoms. The maximum atomic E-state index is 13.1. The van der Waals surface area contributed by atoms with Crippen LogP contribution < -0.4 is 4.74 Å². The van der Waals surface area contributed by atoms with Crippen LogP contribution in [0, 0.1) is 17.7 Å². The Morgan fingerprint density at radius 1 is 1.31 bits per heavy atom. The van der Waals surface area contributed by atoms with Crippen molar-refractivity contribution in [3.8, 4) is 17.6 Å². The molecule has 1 nitrogen and oxygen atoms in total. The van der Waals surface area contributed by atoms with Crippen LogP contribution in [0.15, 0.2) is 18.2 Å². The van der Waals surface area contributed by atoms with Crippen molar-refractivity contribution >= 4 is 15.9 Å². The van der Waals surface area contributed by atoms with Crippen molar-refractivity contribution in [1.82, 2.24) is 0 Å². The second kappa shape index (κ2) is 5.21. The first-order chi connectivity index (χ1) is 7.42. The van der Waals surface area contributed by atoms with Gasteiger partial charge in [-0.2, -0.15) is 0 Å². The molecule has 0 saturated heterocycles. The molecule has 0 aliphatic heterocycles. The van der Waals surface area contributed by atoms with Crippen LogP contribution in [0.5, 0.6) is 5.75 Å². The fourth-order valence-corrected chi connectivity index (χ4v) is 1.07. The lowest BCUT2D eigenvalue weighted by Gasteiger charge is -2.08. The highest BCUT2D eigenvalue weighted by Gasteiger charge is 2.31. The molecule has 0 fully saturated rings. The first kappa shape index (κ1) is 12.8. The molecule has 0 saturated carbocycles. The fraction of sp³-hybridized carbons (Fsp3) is 0.200. The molecule has 0 atom stereocenters. The van der Waals surface area contributed by atoms with Crippen LogP contribution in [0.2, 0.25) is 0 Å². The monoisotopic (exact) mass is 296 g/mol. The van der Waals surface area contributed by atoms with E-state index in [-0.39, 0.29) is 5.56 Å². The predicted octanol–water partition coefficient (Wildman–Crippen LogP) is 3.47. The van der Waals surface area contributed by atoms with Gasteiger partial charge in [0.15, 0.2) is 0 Å². The van der Waals surface area contributed by atoms with Gasteiger partial charge in [-0.1, -0.05) is 27.8 Å². The number of halogens is 5. The summed E-state index contributed by atoms with van der Waals surface area (Å²) < 4.78 is 52.3. The summed E-state index contributed by atoms with van der Waals surface area (Å²) in [5.41, 5.74) is -0.138. The van der Waals surface area contributed by atoms with E-state index in [0.29, 0.717) is 5.33 Å². The lowest BCUT2D eigenvalue weighted by atomic mass is 10.2. The molecule has 1 aromatic carbocycles. The van der Waals surface area contributed by atoms with E-state index in [2.05, 4.69) is 32.5 Å². The second-order valence-electron chi connectivity index (χ2n) is 2.62. The summed E-state index contributed by atoms with van der Waals surface area (Å²) in [5, 5.41) is 0.302. The fourth-order valence-electron chi connectivity index (χ4n) is 0.926. The van der Waals surface area contributed by atoms with E-state index in [1.807, 2.05) is 0 Å². The van der Waals surface area contributed by atoms with Gasteiger partial charge in [0.1, 0.15) is 11.6 Å². The molecule has 16 heavy (non-hydrogen) atoms. The van der Waals surface area contributed by atoms with E-state index < -0.39 is 17.9 Å². The van der Waals surface area contributed by atoms with Crippen LogP contribution in [0.4, 0.5) is 17.6 Å². The van der Waals surface area contributed by atoms with E-state index in [9.17, 15) is 17.6 Å². The number of ether oxygens (including phenoxy) is 1. The molecule has 1 aromatic rings. The number of hydrogen-bond donors (Lipinski definition) is 0. The SMILES string of the molecule is Fc1ccc(OC(F)(F)F)cc1C#CCBr. The molecule has 0 radical (unpaired) electrons. The van der Waals surface area contributed by atoms with Crippen LogP contribution in [-0.2, 0) is 0 Å². The highest BCUT2D eigenvalue weighted by Crippen LogP contribution is 2.24. The minimum absolute atomic E-state index is 0.138. The van der Waals surface area contributed by atoms with Gasteiger partial charge in [0.05, 0.1) is 10.9 Å². The molecule has 0 aromatic heterocycles. The minimum atomic E-state index is -4.79. The highest BCUT2D eigenvalue weighted by molar-refractivity contribution is 9.09. The first-order valence-corrected chi connectivity index (χ1v) is 5.14. The highest BCUT2D eigenvalue weighted by atomic mass is 79.9. The average molecular weight is 297 g/mol. The number of benzene rings is 1. The molecule has 0 aliphatic carbocycles. The molecule has 0 unspecified atom stereocenters. The van der Waals surface area contributed by atoms with Crippen molar-refractivity contribution in [3.05, 3.63) is 29.6 Å². The van der Waals surface area contributed by atoms with Crippen LogP contribution in [0.1, 0.15) is 5.56 Å². The van der Waals surface area contributed by atoms with Gasteiger partial charge < -0.3 is 4.74 Å². The van der Waals surface area contributed by atoms with Crippen molar-refractivity contribution in [2.75, 3.05) is 5.33 Å². The Labute approximate surface area is 97.5 Å². The summed E-state index contributed by atoms with van der Waals surface area (Å²) in [4.78, 5) is 0. The van der Waals surface area contributed by atoms with Crippen LogP contribution >= 0.6 is 15.9 Å². The normalized spacial score (nSPS) is 10.6. The summed E-state index contributed by atoms with van der Waals surface area (Å²) in [6, 6.07) is 2.67. The number of rotatable bonds is 1. The Morgan fingerprint density at radius 2 is 2.00 bits per heavy atom. The maximum Gasteiger partial charge on any atom is 0.573 e. The molecule has 0 bridgehead atoms. The molecule has 0 heterocycles. The van der Waals surface area contributed by atoms with Crippen molar-refractivity contribution in [2.24, 2.45) is 0 Å². The van der Waals surface area contributed by atoms with Crippen LogP contribution in [-0.4, -0.2) is 11.7 Å². The topological polar surface area (TPSA) is 9.23 Å². The third-order valence-electron chi connectivity index (χ3n) is 1.46. The molecular formula is C10H5BrF4O. The Bertz CT molecular complexity index is 431. The molecule has 1 rings (SSSR count). The van der Waals surface area contributed by atoms with E-state index in [1.165, 1.54) is 0 Å². The predicted molar refractivity (Wildman–Crippen MR) is 53.8 cm³/mol. The van der Waals surface area contributed by atoms with Crippen molar-refractivity contribution in [1.29, 1.82) is 0 Å². The van der Waals surface area contributed by atoms with Crippen molar-refractivity contribution < 1.29 is 22.3 Å². The average Bonchev–Trinajstić information content (AvgIpc) is 2.17. The lowest BCUT2D eigenvalue weighted by molar-refractivity contribution is -0.274. The van der Waals surface area contributed by atoms with Crippen molar-refractivity contribution in [2.45, 2.75) is 6.36 Å². The van der Waals surface area contributed by atoms with Gasteiger partial charge in [0.25, 0.3) is 0 Å². The molecule has 0 amide bonds. The van der Waals surface area contributed by atoms with E-state index in [1.54, 1.807) is 0 Å². The van der Waals surface area contributed by atoms with Gasteiger partial charge >= 0.3 is 6.36 Å². The Kier molecular flexibility index (Phi) is 4.19. The van der Waals surface area contributed by atoms with Crippen molar-refractivity contribution in [3.63, 3.8) is 0 Å². The quantitative estimate of drug-likeness (QED) is 0.438. The number of alkyl halides is 4. The van der Waals surface area contributed by atoms with E-state index in [4.69, 9.17) is 0 Å². The smallest absolute Gasteiger partial charge is 0.406 e. The Balaban J connectivity index is 2.98. The maximum absolute atomic E-state index is 13.1. The van der Waals surface area contributed by atoms with E-state index >= 15 is 0 Å². The van der Waals surface area contributed by atoms with Crippen LogP contribution in [0.3, 0.4) is 0 Å². The van der Waals surface area contributed by atoms with E-state index in [0.717, 1.165) is 18.2 Å². The second-order valence-corrected chi connectivity index (χ2v) is 3.19. The van der Waals surface area contributed by atoms with Gasteiger partial charge in [-0.05, 0) is 18.2 Å².